The Morgan fingerprint density at radius 1 is 0.857 bits per heavy atom. The van der Waals surface area contributed by atoms with Gasteiger partial charge in [0.25, 0.3) is 0 Å². The van der Waals surface area contributed by atoms with Crippen LogP contribution in [0.4, 0.5) is 0 Å². The lowest BCUT2D eigenvalue weighted by atomic mass is 10.1. The molecular formula is C22H30ClNO4. The molecule has 2 aromatic rings. The van der Waals surface area contributed by atoms with Crippen LogP contribution in [0.1, 0.15) is 37.3 Å². The lowest BCUT2D eigenvalue weighted by molar-refractivity contribution is 0.282. The van der Waals surface area contributed by atoms with Crippen molar-refractivity contribution in [2.45, 2.75) is 39.3 Å². The Labute approximate surface area is 172 Å². The van der Waals surface area contributed by atoms with E-state index in [-0.39, 0.29) is 0 Å². The molecule has 0 fully saturated rings. The highest BCUT2D eigenvalue weighted by Gasteiger charge is 2.12. The lowest BCUT2D eigenvalue weighted by Gasteiger charge is -2.16. The average molecular weight is 408 g/mol. The molecule has 5 nitrogen and oxygen atoms in total. The van der Waals surface area contributed by atoms with Crippen LogP contribution in [0.15, 0.2) is 30.3 Å². The van der Waals surface area contributed by atoms with Crippen molar-refractivity contribution in [1.82, 2.24) is 5.32 Å². The van der Waals surface area contributed by atoms with E-state index in [0.29, 0.717) is 36.2 Å². The smallest absolute Gasteiger partial charge is 0.165 e. The normalized spacial score (nSPS) is 10.6. The van der Waals surface area contributed by atoms with Crippen molar-refractivity contribution < 1.29 is 18.9 Å². The monoisotopic (exact) mass is 407 g/mol. The van der Waals surface area contributed by atoms with Crippen molar-refractivity contribution in [2.75, 3.05) is 27.9 Å². The summed E-state index contributed by atoms with van der Waals surface area (Å²) in [6.07, 6.45) is 3.35. The number of benzene rings is 2. The maximum atomic E-state index is 6.38. The standard InChI is InChI=1S/C22H30ClNO4/c1-5-6-7-11-28-22-16(9-8-10-19(22)25-2)14-24-15-17-12-20(26-3)21(27-4)13-18(17)23/h8-10,12-13,24H,5-7,11,14-15H2,1-4H3. The van der Waals surface area contributed by atoms with Gasteiger partial charge >= 0.3 is 0 Å². The Hall–Kier alpha value is -2.11. The molecule has 0 unspecified atom stereocenters. The van der Waals surface area contributed by atoms with Gasteiger partial charge in [0, 0.05) is 29.7 Å². The highest BCUT2D eigenvalue weighted by atomic mass is 35.5. The number of methoxy groups -OCH3 is 3. The quantitative estimate of drug-likeness (QED) is 0.488. The first-order valence-electron chi connectivity index (χ1n) is 9.54. The summed E-state index contributed by atoms with van der Waals surface area (Å²) < 4.78 is 22.1. The molecule has 0 atom stereocenters. The molecule has 0 aliphatic rings. The molecule has 0 saturated carbocycles. The molecule has 0 amide bonds. The van der Waals surface area contributed by atoms with Crippen LogP contribution in [0.2, 0.25) is 5.02 Å². The van der Waals surface area contributed by atoms with Crippen LogP contribution in [-0.4, -0.2) is 27.9 Å². The second-order valence-electron chi connectivity index (χ2n) is 6.41. The Balaban J connectivity index is 2.06. The van der Waals surface area contributed by atoms with Gasteiger partial charge in [0.15, 0.2) is 23.0 Å². The number of ether oxygens (including phenoxy) is 4. The minimum atomic E-state index is 0.589. The van der Waals surface area contributed by atoms with Gasteiger partial charge in [-0.2, -0.15) is 0 Å². The van der Waals surface area contributed by atoms with E-state index in [1.165, 1.54) is 0 Å². The maximum absolute atomic E-state index is 6.38. The van der Waals surface area contributed by atoms with Crippen LogP contribution in [0, 0.1) is 0 Å². The van der Waals surface area contributed by atoms with Gasteiger partial charge in [0.1, 0.15) is 0 Å². The predicted octanol–water partition coefficient (Wildman–Crippen LogP) is 5.22. The summed E-state index contributed by atoms with van der Waals surface area (Å²) in [5.41, 5.74) is 1.99. The van der Waals surface area contributed by atoms with E-state index >= 15 is 0 Å². The van der Waals surface area contributed by atoms with Crippen molar-refractivity contribution in [1.29, 1.82) is 0 Å². The minimum absolute atomic E-state index is 0.589. The van der Waals surface area contributed by atoms with E-state index in [2.05, 4.69) is 12.2 Å². The van der Waals surface area contributed by atoms with Crippen molar-refractivity contribution in [3.63, 3.8) is 0 Å². The van der Waals surface area contributed by atoms with Crippen molar-refractivity contribution in [3.05, 3.63) is 46.5 Å². The van der Waals surface area contributed by atoms with Crippen LogP contribution in [0.5, 0.6) is 23.0 Å². The van der Waals surface area contributed by atoms with Gasteiger partial charge in [-0.25, -0.2) is 0 Å². The number of para-hydroxylation sites is 1. The molecule has 0 heterocycles. The zero-order valence-electron chi connectivity index (χ0n) is 17.1. The molecule has 0 saturated heterocycles. The summed E-state index contributed by atoms with van der Waals surface area (Å²) in [6.45, 7) is 4.08. The van der Waals surface area contributed by atoms with Crippen molar-refractivity contribution in [2.24, 2.45) is 0 Å². The van der Waals surface area contributed by atoms with Crippen LogP contribution in [-0.2, 0) is 13.1 Å². The number of nitrogens with one attached hydrogen (secondary N) is 1. The van der Waals surface area contributed by atoms with Gasteiger partial charge in [-0.15, -0.1) is 0 Å². The third-order valence-corrected chi connectivity index (χ3v) is 4.81. The Kier molecular flexibility index (Phi) is 9.24. The van der Waals surface area contributed by atoms with E-state index < -0.39 is 0 Å². The maximum Gasteiger partial charge on any atom is 0.165 e. The number of rotatable bonds is 12. The van der Waals surface area contributed by atoms with Crippen molar-refractivity contribution in [3.8, 4) is 23.0 Å². The molecule has 2 rings (SSSR count). The van der Waals surface area contributed by atoms with E-state index in [1.54, 1.807) is 27.4 Å². The molecule has 0 radical (unpaired) electrons. The van der Waals surface area contributed by atoms with Gasteiger partial charge < -0.3 is 24.3 Å². The Morgan fingerprint density at radius 3 is 2.21 bits per heavy atom. The predicted molar refractivity (Wildman–Crippen MR) is 113 cm³/mol. The molecule has 6 heteroatoms. The summed E-state index contributed by atoms with van der Waals surface area (Å²) in [5.74, 6) is 2.82. The second-order valence-corrected chi connectivity index (χ2v) is 6.81. The summed E-state index contributed by atoms with van der Waals surface area (Å²) >= 11 is 6.38. The Morgan fingerprint density at radius 2 is 1.54 bits per heavy atom. The summed E-state index contributed by atoms with van der Waals surface area (Å²) in [4.78, 5) is 0. The number of unbranched alkanes of at least 4 members (excludes halogenated alkanes) is 2. The Bertz CT molecular complexity index is 752. The number of hydrogen-bond acceptors (Lipinski definition) is 5. The fourth-order valence-electron chi connectivity index (χ4n) is 2.91. The first-order chi connectivity index (χ1) is 13.6. The summed E-state index contributed by atoms with van der Waals surface area (Å²) in [6, 6.07) is 9.59. The molecule has 1 N–H and O–H groups in total. The van der Waals surface area contributed by atoms with Gasteiger partial charge in [0.2, 0.25) is 0 Å². The largest absolute Gasteiger partial charge is 0.493 e. The molecule has 0 bridgehead atoms. The highest BCUT2D eigenvalue weighted by molar-refractivity contribution is 6.31. The molecule has 0 aromatic heterocycles. The SMILES string of the molecule is CCCCCOc1c(CNCc2cc(OC)c(OC)cc2Cl)cccc1OC. The van der Waals surface area contributed by atoms with Gasteiger partial charge in [-0.05, 0) is 24.1 Å². The average Bonchev–Trinajstić information content (AvgIpc) is 2.72. The molecule has 0 spiro atoms. The third kappa shape index (κ3) is 5.94. The van der Waals surface area contributed by atoms with E-state index in [0.717, 1.165) is 41.9 Å². The first kappa shape index (κ1) is 22.2. The van der Waals surface area contributed by atoms with Gasteiger partial charge in [-0.1, -0.05) is 43.5 Å². The second kappa shape index (κ2) is 11.7. The zero-order chi connectivity index (χ0) is 20.4. The minimum Gasteiger partial charge on any atom is -0.493 e. The highest BCUT2D eigenvalue weighted by Crippen LogP contribution is 2.34. The van der Waals surface area contributed by atoms with Gasteiger partial charge in [0.05, 0.1) is 27.9 Å². The molecular weight excluding hydrogens is 378 g/mol. The fourth-order valence-corrected chi connectivity index (χ4v) is 3.14. The van der Waals surface area contributed by atoms with E-state index in [1.807, 2.05) is 24.3 Å². The summed E-state index contributed by atoms with van der Waals surface area (Å²) in [5, 5.41) is 4.06. The topological polar surface area (TPSA) is 49.0 Å². The molecule has 0 aliphatic heterocycles. The van der Waals surface area contributed by atoms with E-state index in [4.69, 9.17) is 30.5 Å². The van der Waals surface area contributed by atoms with Gasteiger partial charge in [-0.3, -0.25) is 0 Å². The zero-order valence-corrected chi connectivity index (χ0v) is 17.9. The lowest BCUT2D eigenvalue weighted by Crippen LogP contribution is -2.14. The third-order valence-electron chi connectivity index (χ3n) is 4.46. The van der Waals surface area contributed by atoms with Crippen LogP contribution >= 0.6 is 11.6 Å². The molecule has 2 aromatic carbocycles. The van der Waals surface area contributed by atoms with Crippen LogP contribution in [0.3, 0.4) is 0 Å². The van der Waals surface area contributed by atoms with Crippen LogP contribution in [0.25, 0.3) is 0 Å². The number of halogens is 1. The van der Waals surface area contributed by atoms with Crippen molar-refractivity contribution >= 4 is 11.6 Å². The van der Waals surface area contributed by atoms with Crippen LogP contribution < -0.4 is 24.3 Å². The summed E-state index contributed by atoms with van der Waals surface area (Å²) in [7, 11) is 4.87. The molecule has 28 heavy (non-hydrogen) atoms. The molecule has 154 valence electrons. The fraction of sp³-hybridized carbons (Fsp3) is 0.455. The molecule has 0 aliphatic carbocycles. The first-order valence-corrected chi connectivity index (χ1v) is 9.92. The number of hydrogen-bond donors (Lipinski definition) is 1. The van der Waals surface area contributed by atoms with E-state index in [9.17, 15) is 0 Å².